The van der Waals surface area contributed by atoms with Crippen molar-refractivity contribution in [3.63, 3.8) is 0 Å². The molecule has 0 aromatic rings. The molecule has 5 heteroatoms. The fraction of sp³-hybridized carbons (Fsp3) is 1.00. The summed E-state index contributed by atoms with van der Waals surface area (Å²) in [5.74, 6) is 0. The third kappa shape index (κ3) is 6.45. The van der Waals surface area contributed by atoms with Gasteiger partial charge < -0.3 is 0 Å². The Labute approximate surface area is 48.2 Å². The van der Waals surface area contributed by atoms with E-state index in [1.807, 2.05) is 0 Å². The van der Waals surface area contributed by atoms with E-state index in [0.717, 1.165) is 0 Å². The Balaban J connectivity index is 2.95. The predicted molar refractivity (Wildman–Crippen MR) is 12.0 cm³/mol. The van der Waals surface area contributed by atoms with E-state index < -0.39 is 30.1 Å². The van der Waals surface area contributed by atoms with Gasteiger partial charge in [-0.05, 0) is 0 Å². The first-order valence-electron chi connectivity index (χ1n) is 1.31. The molecule has 0 bridgehead atoms. The molecule has 0 nitrogen and oxygen atoms in total. The van der Waals surface area contributed by atoms with Crippen LogP contribution in [0.5, 0.6) is 0 Å². The maximum absolute atomic E-state index is 10.9. The minimum absolute atomic E-state index is 2.16. The molecule has 0 atom stereocenters. The number of hydrogen-bond acceptors (Lipinski definition) is 0. The summed E-state index contributed by atoms with van der Waals surface area (Å²) >= 11 is -2.16. The van der Waals surface area contributed by atoms with Crippen molar-refractivity contribution in [2.45, 2.75) is 8.86 Å². The van der Waals surface area contributed by atoms with Crippen LogP contribution < -0.4 is 21.2 Å². The average Bonchev–Trinajstić information content (AvgIpc) is 1.27. The normalized spacial score (nSPS) is 11.7. The fourth-order valence-electron chi connectivity index (χ4n) is 0.0720. The number of halogens is 5. The second kappa shape index (κ2) is 3.45. The molecule has 0 aromatic carbocycles. The van der Waals surface area contributed by atoms with Crippen LogP contribution in [0.4, 0.5) is 17.6 Å². The second-order valence-corrected chi connectivity index (χ2v) is 3.22. The number of alkyl halides is 6. The summed E-state index contributed by atoms with van der Waals surface area (Å²) in [6.07, 6.45) is 0. The Bertz CT molecular complexity index is 39.0. The van der Waals surface area contributed by atoms with E-state index in [4.69, 9.17) is 0 Å². The van der Waals surface area contributed by atoms with Gasteiger partial charge in [-0.15, -0.1) is 0 Å². The molecule has 0 saturated heterocycles. The zero-order chi connectivity index (χ0) is 5.86. The van der Waals surface area contributed by atoms with Crippen molar-refractivity contribution in [1.29, 1.82) is 0 Å². The molecule has 0 aromatic heterocycles. The van der Waals surface area contributed by atoms with Crippen molar-refractivity contribution < 1.29 is 38.8 Å². The van der Waals surface area contributed by atoms with Crippen LogP contribution >= 0.6 is 0 Å². The van der Waals surface area contributed by atoms with Gasteiger partial charge in [-0.3, -0.25) is 0 Å². The van der Waals surface area contributed by atoms with E-state index in [0.29, 0.717) is 0 Å². The summed E-state index contributed by atoms with van der Waals surface area (Å²) in [7, 11) is 0. The summed E-state index contributed by atoms with van der Waals surface area (Å²) in [5.41, 5.74) is 0. The summed E-state index contributed by atoms with van der Waals surface area (Å²) in [5, 5.41) is 0. The Morgan fingerprint density at radius 3 is 1.14 bits per heavy atom. The molecule has 0 aliphatic rings. The van der Waals surface area contributed by atoms with Gasteiger partial charge in [0, 0.05) is 0 Å². The topological polar surface area (TPSA) is 0 Å². The Hall–Kier alpha value is 0.450. The summed E-state index contributed by atoms with van der Waals surface area (Å²) in [6, 6.07) is 0. The van der Waals surface area contributed by atoms with Gasteiger partial charge in [0.25, 0.3) is 0 Å². The van der Waals surface area contributed by atoms with Crippen LogP contribution in [0.25, 0.3) is 0 Å². The van der Waals surface area contributed by atoms with Crippen molar-refractivity contribution in [2.24, 2.45) is 0 Å². The van der Waals surface area contributed by atoms with Crippen molar-refractivity contribution in [1.82, 2.24) is 0 Å². The molecule has 0 aliphatic carbocycles. The zero-order valence-electron chi connectivity index (χ0n) is 3.04. The van der Waals surface area contributed by atoms with E-state index in [1.54, 1.807) is 0 Å². The first kappa shape index (κ1) is 7.45. The molecule has 0 radical (unpaired) electrons. The van der Waals surface area contributed by atoms with Gasteiger partial charge in [-0.25, -0.2) is 0 Å². The van der Waals surface area contributed by atoms with E-state index in [1.165, 1.54) is 0 Å². The Morgan fingerprint density at radius 2 is 1.14 bits per heavy atom. The Morgan fingerprint density at radius 1 is 0.857 bits per heavy atom. The van der Waals surface area contributed by atoms with E-state index in [2.05, 4.69) is 0 Å². The Kier molecular flexibility index (Phi) is 3.67. The van der Waals surface area contributed by atoms with Gasteiger partial charge >= 0.3 is 47.6 Å². The standard InChI is InChI=1S/C2H2F4I/c3-1(4)7-2(5)6/h1-2H/q-1. The molecule has 0 spiro atoms. The monoisotopic (exact) mass is 229 g/mol. The van der Waals surface area contributed by atoms with Crippen molar-refractivity contribution in [2.75, 3.05) is 0 Å². The van der Waals surface area contributed by atoms with Gasteiger partial charge in [0.1, 0.15) is 0 Å². The van der Waals surface area contributed by atoms with E-state index in [9.17, 15) is 17.6 Å². The molecular formula is C2H2F4I-. The molecule has 0 fully saturated rings. The molecule has 0 saturated carbocycles. The van der Waals surface area contributed by atoms with Gasteiger partial charge in [0.05, 0.1) is 0 Å². The third-order valence-corrected chi connectivity index (χ3v) is 1.28. The number of hydrogen-bond donors (Lipinski definition) is 0. The quantitative estimate of drug-likeness (QED) is 0.308. The van der Waals surface area contributed by atoms with Crippen LogP contribution in [0.3, 0.4) is 0 Å². The van der Waals surface area contributed by atoms with Crippen LogP contribution in [0.1, 0.15) is 0 Å². The molecule has 7 heavy (non-hydrogen) atoms. The molecule has 0 heterocycles. The van der Waals surface area contributed by atoms with Gasteiger partial charge in [-0.2, -0.15) is 0 Å². The summed E-state index contributed by atoms with van der Waals surface area (Å²) in [6.45, 7) is 0. The molecule has 0 unspecified atom stereocenters. The van der Waals surface area contributed by atoms with Crippen LogP contribution in [0.2, 0.25) is 0 Å². The zero-order valence-corrected chi connectivity index (χ0v) is 5.20. The van der Waals surface area contributed by atoms with Crippen LogP contribution in [-0.4, -0.2) is 8.86 Å². The molecular weight excluding hydrogens is 227 g/mol. The second-order valence-electron chi connectivity index (χ2n) is 0.621. The van der Waals surface area contributed by atoms with Gasteiger partial charge in [0.15, 0.2) is 0 Å². The average molecular weight is 229 g/mol. The molecule has 0 amide bonds. The molecule has 46 valence electrons. The van der Waals surface area contributed by atoms with Crippen molar-refractivity contribution in [3.8, 4) is 0 Å². The third-order valence-electron chi connectivity index (χ3n) is 0.190. The van der Waals surface area contributed by atoms with Gasteiger partial charge in [-0.1, -0.05) is 0 Å². The SMILES string of the molecule is FC(F)[I-]C(F)F. The molecule has 0 aliphatic heterocycles. The summed E-state index contributed by atoms with van der Waals surface area (Å²) in [4.78, 5) is 0. The van der Waals surface area contributed by atoms with Crippen LogP contribution in [0, 0.1) is 0 Å². The summed E-state index contributed by atoms with van der Waals surface area (Å²) < 4.78 is 37.9. The van der Waals surface area contributed by atoms with Crippen LogP contribution in [-0.2, 0) is 0 Å². The maximum atomic E-state index is 10.9. The predicted octanol–water partition coefficient (Wildman–Crippen LogP) is -1.48. The van der Waals surface area contributed by atoms with Crippen molar-refractivity contribution >= 4 is 0 Å². The van der Waals surface area contributed by atoms with E-state index >= 15 is 0 Å². The van der Waals surface area contributed by atoms with Crippen molar-refractivity contribution in [3.05, 3.63) is 0 Å². The minimum atomic E-state index is -2.77. The molecule has 0 N–H and O–H groups in total. The van der Waals surface area contributed by atoms with E-state index in [-0.39, 0.29) is 0 Å². The fourth-order valence-corrected chi connectivity index (χ4v) is 0.483. The van der Waals surface area contributed by atoms with Crippen LogP contribution in [0.15, 0.2) is 0 Å². The first-order chi connectivity index (χ1) is 3.13. The molecule has 0 rings (SSSR count). The van der Waals surface area contributed by atoms with Gasteiger partial charge in [0.2, 0.25) is 0 Å². The first-order valence-corrected chi connectivity index (χ1v) is 3.80. The number of rotatable bonds is 2.